The molecule has 0 aliphatic carbocycles. The average molecular weight is 639 g/mol. The zero-order chi connectivity index (χ0) is 31.8. The fourth-order valence-corrected chi connectivity index (χ4v) is 7.10. The van der Waals surface area contributed by atoms with E-state index in [1.54, 1.807) is 12.1 Å². The van der Waals surface area contributed by atoms with Crippen LogP contribution in [0.4, 0.5) is 26.3 Å². The molecule has 0 aliphatic rings. The molecule has 44 heavy (non-hydrogen) atoms. The largest absolute Gasteiger partial charge is 0.573 e. The molecule has 0 amide bonds. The number of alkyl halides is 6. The molecule has 0 aliphatic heterocycles. The molecule has 2 aromatic heterocycles. The Morgan fingerprint density at radius 3 is 1.14 bits per heavy atom. The smallest absolute Gasteiger partial charge is 0.406 e. The first-order valence-corrected chi connectivity index (χ1v) is 13.8. The summed E-state index contributed by atoms with van der Waals surface area (Å²) >= 11 is 2.20. The van der Waals surface area contributed by atoms with Gasteiger partial charge in [-0.25, -0.2) is 0 Å². The van der Waals surface area contributed by atoms with Crippen LogP contribution in [0.2, 0.25) is 0 Å². The van der Waals surface area contributed by atoms with Crippen LogP contribution in [0.25, 0.3) is 42.4 Å². The summed E-state index contributed by atoms with van der Waals surface area (Å²) in [5.74, 6) is -3.25. The highest BCUT2D eigenvalue weighted by molar-refractivity contribution is 7.22. The molecule has 0 spiro atoms. The molecule has 0 saturated heterocycles. The van der Waals surface area contributed by atoms with E-state index in [0.29, 0.717) is 52.2 Å². The number of ether oxygens (including phenoxy) is 2. The summed E-state index contributed by atoms with van der Waals surface area (Å²) in [5, 5.41) is 39.4. The van der Waals surface area contributed by atoms with E-state index in [9.17, 15) is 47.4 Å². The Morgan fingerprint density at radius 1 is 0.545 bits per heavy atom. The molecule has 5 rings (SSSR count). The van der Waals surface area contributed by atoms with Gasteiger partial charge in [0.25, 0.3) is 0 Å². The van der Waals surface area contributed by atoms with Crippen molar-refractivity contribution in [2.75, 3.05) is 0 Å². The van der Waals surface area contributed by atoms with Crippen molar-refractivity contribution in [1.29, 1.82) is 21.0 Å². The molecule has 5 aromatic rings. The van der Waals surface area contributed by atoms with Crippen molar-refractivity contribution >= 4 is 42.8 Å². The highest BCUT2D eigenvalue weighted by Gasteiger charge is 2.32. The second-order valence-electron chi connectivity index (χ2n) is 9.06. The zero-order valence-corrected chi connectivity index (χ0v) is 23.3. The quantitative estimate of drug-likeness (QED) is 0.171. The summed E-state index contributed by atoms with van der Waals surface area (Å²) in [4.78, 5) is 0.734. The minimum atomic E-state index is -4.91. The van der Waals surface area contributed by atoms with Crippen LogP contribution < -0.4 is 9.47 Å². The summed E-state index contributed by atoms with van der Waals surface area (Å²) in [6, 6.07) is 21.0. The molecule has 0 N–H and O–H groups in total. The molecule has 0 bridgehead atoms. The van der Waals surface area contributed by atoms with Crippen molar-refractivity contribution in [2.45, 2.75) is 24.6 Å². The SMILES string of the molecule is N#CC(C#N)c1cc2c(-c3ccc(OC(F)(F)F)cc3)c3sc(C(C#N)C#N)cc3c(-c3ccc(OC(F)(F)F)cc3)c2s1. The van der Waals surface area contributed by atoms with Crippen molar-refractivity contribution in [3.63, 3.8) is 0 Å². The average Bonchev–Trinajstić information content (AvgIpc) is 3.58. The maximum Gasteiger partial charge on any atom is 0.573 e. The molecule has 0 fully saturated rings. The standard InChI is InChI=1S/C30H12F6N4O2S2/c31-29(32,33)41-19-5-1-15(2-6-19)25-21-9-23(17(11-37)12-38)44-28(21)26(16-3-7-20(8-4-16)42-30(34,35)36)22-10-24(43-27(22)25)18(13-39)14-40/h1-10,17-18H. The number of nitrogens with zero attached hydrogens (tertiary/aromatic N) is 4. The summed E-state index contributed by atoms with van der Waals surface area (Å²) in [5.41, 5.74) is 1.86. The second-order valence-corrected chi connectivity index (χ2v) is 11.2. The molecule has 14 heteroatoms. The van der Waals surface area contributed by atoms with Gasteiger partial charge in [-0.1, -0.05) is 24.3 Å². The molecule has 218 valence electrons. The van der Waals surface area contributed by atoms with Gasteiger partial charge in [-0.3, -0.25) is 0 Å². The Hall–Kier alpha value is -5.28. The second kappa shape index (κ2) is 11.4. The van der Waals surface area contributed by atoms with Gasteiger partial charge >= 0.3 is 12.7 Å². The van der Waals surface area contributed by atoms with Gasteiger partial charge in [-0.05, 0) is 47.5 Å². The van der Waals surface area contributed by atoms with Gasteiger partial charge in [-0.2, -0.15) is 21.0 Å². The first-order valence-electron chi connectivity index (χ1n) is 12.2. The van der Waals surface area contributed by atoms with Gasteiger partial charge in [0, 0.05) is 41.1 Å². The van der Waals surface area contributed by atoms with E-state index in [0.717, 1.165) is 46.9 Å². The van der Waals surface area contributed by atoms with E-state index < -0.39 is 36.1 Å². The number of nitriles is 4. The number of fused-ring (bicyclic) bond motifs is 2. The van der Waals surface area contributed by atoms with Crippen LogP contribution >= 0.6 is 22.7 Å². The number of thiophene rings is 2. The van der Waals surface area contributed by atoms with Gasteiger partial charge in [0.1, 0.15) is 11.5 Å². The maximum atomic E-state index is 12.8. The van der Waals surface area contributed by atoms with E-state index >= 15 is 0 Å². The minimum Gasteiger partial charge on any atom is -0.406 e. The van der Waals surface area contributed by atoms with Crippen molar-refractivity contribution in [1.82, 2.24) is 0 Å². The molecule has 0 radical (unpaired) electrons. The lowest BCUT2D eigenvalue weighted by Crippen LogP contribution is -2.16. The lowest BCUT2D eigenvalue weighted by molar-refractivity contribution is -0.275. The van der Waals surface area contributed by atoms with E-state index in [1.807, 2.05) is 24.3 Å². The molecular weight excluding hydrogens is 626 g/mol. The van der Waals surface area contributed by atoms with Crippen LogP contribution in [-0.4, -0.2) is 12.7 Å². The molecule has 6 nitrogen and oxygen atoms in total. The Bertz CT molecular complexity index is 1820. The Balaban J connectivity index is 1.85. The van der Waals surface area contributed by atoms with Crippen LogP contribution in [0.3, 0.4) is 0 Å². The monoisotopic (exact) mass is 638 g/mol. The first-order chi connectivity index (χ1) is 20.9. The van der Waals surface area contributed by atoms with E-state index in [1.165, 1.54) is 24.3 Å². The molecular formula is C30H12F6N4O2S2. The topological polar surface area (TPSA) is 114 Å². The van der Waals surface area contributed by atoms with Gasteiger partial charge in [0.15, 0.2) is 11.8 Å². The summed E-state index contributed by atoms with van der Waals surface area (Å²) in [7, 11) is 0. The predicted molar refractivity (Wildman–Crippen MR) is 149 cm³/mol. The van der Waals surface area contributed by atoms with Crippen LogP contribution in [0, 0.1) is 45.3 Å². The number of benzene rings is 3. The van der Waals surface area contributed by atoms with E-state index in [-0.39, 0.29) is 0 Å². The Labute approximate surface area is 252 Å². The normalized spacial score (nSPS) is 11.7. The zero-order valence-electron chi connectivity index (χ0n) is 21.6. The fraction of sp³-hybridized carbons (Fsp3) is 0.133. The van der Waals surface area contributed by atoms with Gasteiger partial charge in [-0.15, -0.1) is 49.0 Å². The minimum absolute atomic E-state index is 0.367. The maximum absolute atomic E-state index is 12.8. The highest BCUT2D eigenvalue weighted by atomic mass is 32.1. The van der Waals surface area contributed by atoms with Gasteiger partial charge in [0.2, 0.25) is 0 Å². The van der Waals surface area contributed by atoms with Crippen LogP contribution in [0.1, 0.15) is 21.6 Å². The molecule has 3 aromatic carbocycles. The fourth-order valence-electron chi connectivity index (χ4n) is 4.62. The first kappa shape index (κ1) is 30.2. The molecule has 0 unspecified atom stereocenters. The van der Waals surface area contributed by atoms with E-state index in [4.69, 9.17) is 0 Å². The highest BCUT2D eigenvalue weighted by Crippen LogP contribution is 2.51. The van der Waals surface area contributed by atoms with Gasteiger partial charge < -0.3 is 9.47 Å². The number of halogens is 6. The number of rotatable bonds is 6. The lowest BCUT2D eigenvalue weighted by atomic mass is 9.92. The third kappa shape index (κ3) is 5.95. The molecule has 0 saturated carbocycles. The Kier molecular flexibility index (Phi) is 7.84. The van der Waals surface area contributed by atoms with Crippen molar-refractivity contribution in [2.24, 2.45) is 0 Å². The summed E-state index contributed by atoms with van der Waals surface area (Å²) in [6.45, 7) is 0. The Morgan fingerprint density at radius 2 is 0.864 bits per heavy atom. The summed E-state index contributed by atoms with van der Waals surface area (Å²) < 4.78 is 85.8. The van der Waals surface area contributed by atoms with Gasteiger partial charge in [0.05, 0.1) is 24.3 Å². The van der Waals surface area contributed by atoms with Crippen molar-refractivity contribution in [3.8, 4) is 58.0 Å². The predicted octanol–water partition coefficient (Wildman–Crippen LogP) is 9.51. The van der Waals surface area contributed by atoms with Crippen molar-refractivity contribution in [3.05, 3.63) is 70.4 Å². The number of hydrogen-bond donors (Lipinski definition) is 0. The third-order valence-electron chi connectivity index (χ3n) is 6.33. The molecule has 2 heterocycles. The van der Waals surface area contributed by atoms with Crippen LogP contribution in [0.5, 0.6) is 11.5 Å². The molecule has 0 atom stereocenters. The lowest BCUT2D eigenvalue weighted by Gasteiger charge is -2.14. The third-order valence-corrected chi connectivity index (χ3v) is 8.77. The summed E-state index contributed by atoms with van der Waals surface area (Å²) in [6.07, 6.45) is -9.83. The van der Waals surface area contributed by atoms with Crippen LogP contribution in [-0.2, 0) is 0 Å². The van der Waals surface area contributed by atoms with E-state index in [2.05, 4.69) is 9.47 Å². The van der Waals surface area contributed by atoms with Crippen LogP contribution in [0.15, 0.2) is 60.7 Å². The number of hydrogen-bond acceptors (Lipinski definition) is 8. The van der Waals surface area contributed by atoms with Crippen molar-refractivity contribution < 1.29 is 35.8 Å².